The van der Waals surface area contributed by atoms with Gasteiger partial charge in [0.05, 0.1) is 17.2 Å². The number of nitrogens with zero attached hydrogens (tertiary/aromatic N) is 2. The Balaban J connectivity index is 1.82. The molecule has 2 amide bonds. The van der Waals surface area contributed by atoms with Crippen LogP contribution in [-0.4, -0.2) is 49.9 Å². The average Bonchev–Trinajstić information content (AvgIpc) is 3.02. The lowest BCUT2D eigenvalue weighted by atomic mass is 10.0. The highest BCUT2D eigenvalue weighted by molar-refractivity contribution is 7.92. The van der Waals surface area contributed by atoms with Crippen molar-refractivity contribution < 1.29 is 22.7 Å². The normalized spacial score (nSPS) is 12.2. The summed E-state index contributed by atoms with van der Waals surface area (Å²) in [5.74, 6) is -0.368. The molecule has 0 fully saturated rings. The monoisotopic (exact) mass is 675 g/mol. The van der Waals surface area contributed by atoms with E-state index in [4.69, 9.17) is 16.3 Å². The lowest BCUT2D eigenvalue weighted by Crippen LogP contribution is -2.56. The van der Waals surface area contributed by atoms with Crippen molar-refractivity contribution >= 4 is 39.1 Å². The summed E-state index contributed by atoms with van der Waals surface area (Å²) in [6.45, 7) is 9.19. The Labute approximate surface area is 283 Å². The number of amides is 2. The molecule has 4 aromatic carbocycles. The average molecular weight is 676 g/mol. The number of sulfonamides is 1. The molecule has 1 unspecified atom stereocenters. The predicted molar refractivity (Wildman–Crippen MR) is 187 cm³/mol. The third kappa shape index (κ3) is 9.59. The molecule has 4 rings (SSSR count). The van der Waals surface area contributed by atoms with Crippen molar-refractivity contribution in [2.45, 2.75) is 64.1 Å². The number of hydrogen-bond acceptors (Lipinski definition) is 5. The van der Waals surface area contributed by atoms with Gasteiger partial charge < -0.3 is 15.0 Å². The van der Waals surface area contributed by atoms with E-state index >= 15 is 0 Å². The van der Waals surface area contributed by atoms with E-state index < -0.39 is 34.1 Å². The second-order valence-corrected chi connectivity index (χ2v) is 14.6. The van der Waals surface area contributed by atoms with E-state index in [0.29, 0.717) is 22.9 Å². The number of halogens is 1. The van der Waals surface area contributed by atoms with E-state index in [9.17, 15) is 18.0 Å². The highest BCUT2D eigenvalue weighted by atomic mass is 35.5. The lowest BCUT2D eigenvalue weighted by molar-refractivity contribution is -0.140. The van der Waals surface area contributed by atoms with Gasteiger partial charge in [-0.05, 0) is 88.2 Å². The van der Waals surface area contributed by atoms with Gasteiger partial charge in [-0.15, -0.1) is 0 Å². The number of anilines is 1. The van der Waals surface area contributed by atoms with Gasteiger partial charge in [0.2, 0.25) is 11.8 Å². The van der Waals surface area contributed by atoms with Gasteiger partial charge in [-0.2, -0.15) is 0 Å². The first-order valence-corrected chi connectivity index (χ1v) is 17.3. The van der Waals surface area contributed by atoms with Crippen molar-refractivity contribution in [3.05, 3.63) is 125 Å². The number of benzene rings is 4. The van der Waals surface area contributed by atoms with Gasteiger partial charge in [0.25, 0.3) is 10.0 Å². The van der Waals surface area contributed by atoms with Crippen molar-refractivity contribution in [2.24, 2.45) is 0 Å². The van der Waals surface area contributed by atoms with E-state index in [0.717, 1.165) is 15.4 Å². The van der Waals surface area contributed by atoms with Crippen LogP contribution in [0.3, 0.4) is 0 Å². The van der Waals surface area contributed by atoms with Crippen LogP contribution in [0.2, 0.25) is 5.02 Å². The molecule has 0 aliphatic carbocycles. The number of carbonyl (C=O) groups excluding carboxylic acids is 2. The third-order valence-corrected chi connectivity index (χ3v) is 9.55. The molecule has 4 aromatic rings. The molecule has 0 aliphatic heterocycles. The topological polar surface area (TPSA) is 96.0 Å². The number of ether oxygens (including phenoxy) is 1. The Morgan fingerprint density at radius 3 is 2.09 bits per heavy atom. The second-order valence-electron chi connectivity index (χ2n) is 12.3. The molecule has 0 aliphatic rings. The van der Waals surface area contributed by atoms with Crippen molar-refractivity contribution in [3.8, 4) is 5.75 Å². The van der Waals surface area contributed by atoms with Crippen molar-refractivity contribution in [1.29, 1.82) is 0 Å². The molecule has 10 heteroatoms. The highest BCUT2D eigenvalue weighted by Crippen LogP contribution is 2.28. The maximum absolute atomic E-state index is 14.6. The van der Waals surface area contributed by atoms with Crippen LogP contribution in [0, 0.1) is 6.92 Å². The van der Waals surface area contributed by atoms with Gasteiger partial charge in [-0.1, -0.05) is 77.8 Å². The molecule has 0 saturated carbocycles. The number of rotatable bonds is 13. The van der Waals surface area contributed by atoms with E-state index in [1.54, 1.807) is 60.7 Å². The van der Waals surface area contributed by atoms with Gasteiger partial charge in [-0.25, -0.2) is 8.42 Å². The Morgan fingerprint density at radius 1 is 0.872 bits per heavy atom. The summed E-state index contributed by atoms with van der Waals surface area (Å²) < 4.78 is 35.1. The molecule has 0 radical (unpaired) electrons. The van der Waals surface area contributed by atoms with E-state index in [-0.39, 0.29) is 29.5 Å². The predicted octanol–water partition coefficient (Wildman–Crippen LogP) is 6.80. The smallest absolute Gasteiger partial charge is 0.264 e. The fourth-order valence-corrected chi connectivity index (χ4v) is 6.67. The van der Waals surface area contributed by atoms with Crippen LogP contribution in [0.25, 0.3) is 0 Å². The Kier molecular flexibility index (Phi) is 11.7. The van der Waals surface area contributed by atoms with Crippen LogP contribution in [0.1, 0.15) is 44.4 Å². The largest absolute Gasteiger partial charge is 0.494 e. The highest BCUT2D eigenvalue weighted by Gasteiger charge is 2.36. The van der Waals surface area contributed by atoms with Gasteiger partial charge in [0, 0.05) is 23.5 Å². The quantitative estimate of drug-likeness (QED) is 0.168. The van der Waals surface area contributed by atoms with Crippen molar-refractivity contribution in [3.63, 3.8) is 0 Å². The van der Waals surface area contributed by atoms with E-state index in [1.807, 2.05) is 65.0 Å². The van der Waals surface area contributed by atoms with Crippen LogP contribution >= 0.6 is 11.6 Å². The fourth-order valence-electron chi connectivity index (χ4n) is 5.06. The summed E-state index contributed by atoms with van der Waals surface area (Å²) in [6.07, 6.45) is 0.201. The molecule has 1 N–H and O–H groups in total. The number of aryl methyl sites for hydroxylation is 1. The van der Waals surface area contributed by atoms with E-state index in [1.165, 1.54) is 17.0 Å². The summed E-state index contributed by atoms with van der Waals surface area (Å²) in [4.78, 5) is 30.1. The van der Waals surface area contributed by atoms with Crippen LogP contribution in [-0.2, 0) is 32.6 Å². The summed E-state index contributed by atoms with van der Waals surface area (Å²) >= 11 is 6.57. The van der Waals surface area contributed by atoms with Crippen LogP contribution in [0.5, 0.6) is 5.75 Å². The summed E-state index contributed by atoms with van der Waals surface area (Å²) in [5.41, 5.74) is 2.05. The number of nitrogens with one attached hydrogen (secondary N) is 1. The van der Waals surface area contributed by atoms with Crippen molar-refractivity contribution in [2.75, 3.05) is 17.5 Å². The molecule has 0 aromatic heterocycles. The zero-order chi connectivity index (χ0) is 34.2. The standard InChI is InChI=1S/C37H42ClN3O5S/c1-6-46-31-20-18-30(19-21-31)41(47(44,45)32-22-16-27(2)17-23-32)26-35(42)40(25-29-14-10-11-15-33(29)38)34(36(43)39-37(3,4)5)24-28-12-8-7-9-13-28/h7-23,34H,6,24-26H2,1-5H3,(H,39,43). The molecule has 8 nitrogen and oxygen atoms in total. The van der Waals surface area contributed by atoms with Gasteiger partial charge in [0.15, 0.2) is 0 Å². The zero-order valence-corrected chi connectivity index (χ0v) is 29.0. The molecule has 0 saturated heterocycles. The fraction of sp³-hybridized carbons (Fsp3) is 0.297. The molecule has 0 spiro atoms. The molecular formula is C37H42ClN3O5S. The number of carbonyl (C=O) groups is 2. The summed E-state index contributed by atoms with van der Waals surface area (Å²) in [6, 6.07) is 28.5. The summed E-state index contributed by atoms with van der Waals surface area (Å²) in [5, 5.41) is 3.45. The minimum atomic E-state index is -4.22. The molecule has 47 heavy (non-hydrogen) atoms. The lowest BCUT2D eigenvalue weighted by Gasteiger charge is -2.35. The third-order valence-electron chi connectivity index (χ3n) is 7.39. The minimum Gasteiger partial charge on any atom is -0.494 e. The first kappa shape index (κ1) is 35.5. The maximum Gasteiger partial charge on any atom is 0.264 e. The molecule has 1 atom stereocenters. The zero-order valence-electron chi connectivity index (χ0n) is 27.4. The van der Waals surface area contributed by atoms with Crippen LogP contribution in [0.15, 0.2) is 108 Å². The second kappa shape index (κ2) is 15.5. The maximum atomic E-state index is 14.6. The molecule has 0 heterocycles. The molecule has 248 valence electrons. The van der Waals surface area contributed by atoms with E-state index in [2.05, 4.69) is 5.32 Å². The number of hydrogen-bond donors (Lipinski definition) is 1. The Bertz CT molecular complexity index is 1760. The first-order valence-electron chi connectivity index (χ1n) is 15.5. The molecule has 0 bridgehead atoms. The Hall–Kier alpha value is -4.34. The van der Waals surface area contributed by atoms with Gasteiger partial charge >= 0.3 is 0 Å². The SMILES string of the molecule is CCOc1ccc(N(CC(=O)N(Cc2ccccc2Cl)C(Cc2ccccc2)C(=O)NC(C)(C)C)S(=O)(=O)c2ccc(C)cc2)cc1. The van der Waals surface area contributed by atoms with Crippen molar-refractivity contribution in [1.82, 2.24) is 10.2 Å². The summed E-state index contributed by atoms with van der Waals surface area (Å²) in [7, 11) is -4.22. The molecular weight excluding hydrogens is 634 g/mol. The van der Waals surface area contributed by atoms with Gasteiger partial charge in [-0.3, -0.25) is 13.9 Å². The van der Waals surface area contributed by atoms with Crippen LogP contribution in [0.4, 0.5) is 5.69 Å². The Morgan fingerprint density at radius 2 is 1.49 bits per heavy atom. The minimum absolute atomic E-state index is 0.0186. The van der Waals surface area contributed by atoms with Crippen LogP contribution < -0.4 is 14.4 Å². The first-order chi connectivity index (χ1) is 22.3. The van der Waals surface area contributed by atoms with Gasteiger partial charge in [0.1, 0.15) is 18.3 Å².